The third kappa shape index (κ3) is 7.18. The molecule has 0 saturated carbocycles. The summed E-state index contributed by atoms with van der Waals surface area (Å²) in [5.41, 5.74) is 6.64. The Balaban J connectivity index is 1.41. The number of thiocarbonyl (C=S) groups is 1. The largest absolute Gasteiger partial charge is 0.499 e. The summed E-state index contributed by atoms with van der Waals surface area (Å²) in [5, 5.41) is 15.0. The fourth-order valence-corrected chi connectivity index (χ4v) is 3.95. The molecule has 0 bridgehead atoms. The molecule has 1 heterocycles. The molecular formula is C28H26F5N7OS. The van der Waals surface area contributed by atoms with Crippen molar-refractivity contribution in [3.8, 4) is 22.8 Å². The number of rotatable bonds is 9. The van der Waals surface area contributed by atoms with Crippen molar-refractivity contribution in [3.05, 3.63) is 83.9 Å². The predicted octanol–water partition coefficient (Wildman–Crippen LogP) is 6.95. The Morgan fingerprint density at radius 3 is 2.26 bits per heavy atom. The number of nitrogens with one attached hydrogen (secondary N) is 3. The van der Waals surface area contributed by atoms with Gasteiger partial charge in [-0.2, -0.15) is 36.7 Å². The first-order valence-electron chi connectivity index (χ1n) is 12.6. The molecule has 1 aromatic heterocycles. The average Bonchev–Trinajstić information content (AvgIpc) is 3.38. The van der Waals surface area contributed by atoms with E-state index in [-0.39, 0.29) is 0 Å². The lowest BCUT2D eigenvalue weighted by atomic mass is 10.0. The number of hydrogen-bond acceptors (Lipinski definition) is 6. The van der Waals surface area contributed by atoms with Gasteiger partial charge >= 0.3 is 12.3 Å². The zero-order chi connectivity index (χ0) is 30.5. The summed E-state index contributed by atoms with van der Waals surface area (Å²) in [4.78, 5) is 4.43. The number of aromatic nitrogens is 3. The standard InChI is InChI=1S/C28H26F5N7OS/c1-17(2)22-6-4-5-7-23(22)36-26(42)38-35-16-18-8-10-19(11-9-18)24-37-25(34-3)40(39-24)20-12-14-21(15-13-20)41-28(32,33)27(29,30)31/h4-17H,1-3H3,(H,34,37,39)(H2,36,38,42). The van der Waals surface area contributed by atoms with Crippen molar-refractivity contribution in [2.75, 3.05) is 17.7 Å². The second-order valence-electron chi connectivity index (χ2n) is 9.22. The number of ether oxygens (including phenoxy) is 1. The van der Waals surface area contributed by atoms with E-state index >= 15 is 0 Å². The van der Waals surface area contributed by atoms with Gasteiger partial charge in [-0.25, -0.2) is 0 Å². The number of anilines is 2. The highest BCUT2D eigenvalue weighted by atomic mass is 32.1. The summed E-state index contributed by atoms with van der Waals surface area (Å²) in [7, 11) is 1.61. The summed E-state index contributed by atoms with van der Waals surface area (Å²) < 4.78 is 68.9. The van der Waals surface area contributed by atoms with Crippen molar-refractivity contribution in [1.29, 1.82) is 0 Å². The molecule has 0 saturated heterocycles. The lowest BCUT2D eigenvalue weighted by Crippen LogP contribution is -2.41. The quantitative estimate of drug-likeness (QED) is 0.0826. The summed E-state index contributed by atoms with van der Waals surface area (Å²) in [6.45, 7) is 4.20. The fraction of sp³-hybridized carbons (Fsp3) is 0.214. The molecule has 0 aliphatic rings. The molecule has 0 amide bonds. The highest BCUT2D eigenvalue weighted by Gasteiger charge is 2.61. The number of para-hydroxylation sites is 1. The van der Waals surface area contributed by atoms with Crippen molar-refractivity contribution < 1.29 is 26.7 Å². The van der Waals surface area contributed by atoms with Gasteiger partial charge in [0, 0.05) is 18.3 Å². The highest BCUT2D eigenvalue weighted by molar-refractivity contribution is 7.80. The molecule has 0 spiro atoms. The van der Waals surface area contributed by atoms with Crippen LogP contribution in [-0.2, 0) is 0 Å². The van der Waals surface area contributed by atoms with E-state index in [1.165, 1.54) is 16.8 Å². The van der Waals surface area contributed by atoms with Gasteiger partial charge in [0.15, 0.2) is 10.9 Å². The van der Waals surface area contributed by atoms with Crippen LogP contribution in [0.4, 0.5) is 33.6 Å². The lowest BCUT2D eigenvalue weighted by Gasteiger charge is -2.20. The summed E-state index contributed by atoms with van der Waals surface area (Å²) in [6, 6.07) is 19.6. The number of alkyl halides is 5. The van der Waals surface area contributed by atoms with Gasteiger partial charge in [-0.15, -0.1) is 5.10 Å². The van der Waals surface area contributed by atoms with Gasteiger partial charge in [0.1, 0.15) is 5.75 Å². The molecule has 0 aliphatic carbocycles. The van der Waals surface area contributed by atoms with Crippen LogP contribution in [0.2, 0.25) is 0 Å². The smallest absolute Gasteiger partial charge is 0.426 e. The van der Waals surface area contributed by atoms with E-state index in [0.717, 1.165) is 28.9 Å². The third-order valence-electron chi connectivity index (χ3n) is 5.87. The molecule has 0 unspecified atom stereocenters. The third-order valence-corrected chi connectivity index (χ3v) is 6.06. The van der Waals surface area contributed by atoms with Crippen molar-refractivity contribution in [3.63, 3.8) is 0 Å². The molecule has 4 rings (SSSR count). The Morgan fingerprint density at radius 1 is 0.976 bits per heavy atom. The SMILES string of the molecule is CNc1nc(-c2ccc(C=NNC(=S)Nc3ccccc3C(C)C)cc2)nn1-c1ccc(OC(F)(F)C(F)(F)F)cc1. The molecular weight excluding hydrogens is 577 g/mol. The van der Waals surface area contributed by atoms with Gasteiger partial charge in [0.05, 0.1) is 11.9 Å². The van der Waals surface area contributed by atoms with Gasteiger partial charge in [0.25, 0.3) is 0 Å². The van der Waals surface area contributed by atoms with E-state index in [2.05, 4.69) is 49.8 Å². The van der Waals surface area contributed by atoms with Gasteiger partial charge in [0.2, 0.25) is 5.95 Å². The summed E-state index contributed by atoms with van der Waals surface area (Å²) >= 11 is 5.35. The molecule has 0 radical (unpaired) electrons. The molecule has 0 atom stereocenters. The first kappa shape index (κ1) is 30.4. The van der Waals surface area contributed by atoms with Crippen LogP contribution in [-0.4, -0.2) is 45.4 Å². The number of halogens is 5. The van der Waals surface area contributed by atoms with E-state index in [1.807, 2.05) is 24.3 Å². The van der Waals surface area contributed by atoms with Crippen LogP contribution < -0.4 is 20.8 Å². The predicted molar refractivity (Wildman–Crippen MR) is 155 cm³/mol. The van der Waals surface area contributed by atoms with E-state index in [1.54, 1.807) is 37.5 Å². The van der Waals surface area contributed by atoms with Gasteiger partial charge in [-0.3, -0.25) is 5.43 Å². The number of hydrazone groups is 1. The molecule has 0 fully saturated rings. The van der Waals surface area contributed by atoms with Crippen LogP contribution in [0.5, 0.6) is 5.75 Å². The Labute approximate surface area is 243 Å². The molecule has 3 aromatic carbocycles. The molecule has 3 N–H and O–H groups in total. The van der Waals surface area contributed by atoms with Crippen LogP contribution in [0, 0.1) is 0 Å². The second kappa shape index (κ2) is 12.5. The summed E-state index contributed by atoms with van der Waals surface area (Å²) in [6.07, 6.45) is -9.56. The minimum Gasteiger partial charge on any atom is -0.426 e. The fourth-order valence-electron chi connectivity index (χ4n) is 3.79. The summed E-state index contributed by atoms with van der Waals surface area (Å²) in [5.74, 6) is 0.329. The van der Waals surface area contributed by atoms with Gasteiger partial charge in [-0.05, 0) is 59.6 Å². The first-order chi connectivity index (χ1) is 19.9. The van der Waals surface area contributed by atoms with Crippen LogP contribution in [0.15, 0.2) is 77.9 Å². The number of nitrogens with zero attached hydrogens (tertiary/aromatic N) is 4. The van der Waals surface area contributed by atoms with E-state index in [9.17, 15) is 22.0 Å². The topological polar surface area (TPSA) is 88.4 Å². The Morgan fingerprint density at radius 2 is 1.64 bits per heavy atom. The van der Waals surface area contributed by atoms with E-state index < -0.39 is 18.0 Å². The van der Waals surface area contributed by atoms with Gasteiger partial charge in [-0.1, -0.05) is 56.3 Å². The minimum absolute atomic E-state index is 0.314. The molecule has 42 heavy (non-hydrogen) atoms. The van der Waals surface area contributed by atoms with Crippen LogP contribution in [0.25, 0.3) is 17.1 Å². The highest BCUT2D eigenvalue weighted by Crippen LogP contribution is 2.37. The average molecular weight is 604 g/mol. The Bertz CT molecular complexity index is 1550. The molecule has 0 aliphatic heterocycles. The molecule has 14 heteroatoms. The maximum atomic E-state index is 13.2. The Hall–Kier alpha value is -4.59. The minimum atomic E-state index is -5.84. The van der Waals surface area contributed by atoms with E-state index in [0.29, 0.717) is 34.1 Å². The van der Waals surface area contributed by atoms with Crippen molar-refractivity contribution in [2.24, 2.45) is 5.10 Å². The van der Waals surface area contributed by atoms with E-state index in [4.69, 9.17) is 12.2 Å². The first-order valence-corrected chi connectivity index (χ1v) is 13.0. The van der Waals surface area contributed by atoms with Crippen LogP contribution in [0.1, 0.15) is 30.9 Å². The monoisotopic (exact) mass is 603 g/mol. The molecule has 4 aromatic rings. The van der Waals surface area contributed by atoms with Crippen LogP contribution >= 0.6 is 12.2 Å². The Kier molecular flexibility index (Phi) is 9.05. The zero-order valence-corrected chi connectivity index (χ0v) is 23.4. The number of benzene rings is 3. The zero-order valence-electron chi connectivity index (χ0n) is 22.6. The molecule has 220 valence electrons. The number of hydrogen-bond donors (Lipinski definition) is 3. The normalized spacial score (nSPS) is 12.0. The molecule has 8 nitrogen and oxygen atoms in total. The maximum Gasteiger partial charge on any atom is 0.499 e. The second-order valence-corrected chi connectivity index (χ2v) is 9.63. The van der Waals surface area contributed by atoms with Crippen molar-refractivity contribution in [1.82, 2.24) is 20.2 Å². The van der Waals surface area contributed by atoms with Crippen LogP contribution in [0.3, 0.4) is 0 Å². The van der Waals surface area contributed by atoms with Crippen molar-refractivity contribution >= 4 is 35.2 Å². The van der Waals surface area contributed by atoms with Gasteiger partial charge < -0.3 is 15.4 Å². The van der Waals surface area contributed by atoms with Crippen molar-refractivity contribution in [2.45, 2.75) is 32.1 Å². The lowest BCUT2D eigenvalue weighted by molar-refractivity contribution is -0.360. The maximum absolute atomic E-state index is 13.2.